The highest BCUT2D eigenvalue weighted by atomic mass is 79.9. The Hall–Kier alpha value is -1.03. The summed E-state index contributed by atoms with van der Waals surface area (Å²) < 4.78 is 13.3. The number of hydrogen-bond donors (Lipinski definition) is 0. The summed E-state index contributed by atoms with van der Waals surface area (Å²) in [4.78, 5) is 11.8. The second-order valence-electron chi connectivity index (χ2n) is 7.18. The molecule has 4 heteroatoms. The number of halogens is 1. The van der Waals surface area contributed by atoms with Crippen molar-refractivity contribution in [2.75, 3.05) is 0 Å². The fraction of sp³-hybridized carbons (Fsp3) is 0.611. The van der Waals surface area contributed by atoms with E-state index in [1.54, 1.807) is 0 Å². The lowest BCUT2D eigenvalue weighted by Gasteiger charge is -2.58. The maximum atomic E-state index is 11.8. The molecule has 1 aromatic rings. The Balaban J connectivity index is 1.69. The number of hydrogen-bond acceptors (Lipinski definition) is 3. The molecule has 4 fully saturated rings. The molecule has 0 saturated heterocycles. The van der Waals surface area contributed by atoms with Crippen molar-refractivity contribution in [2.45, 2.75) is 44.8 Å². The monoisotopic (exact) mass is 364 g/mol. The molecule has 0 aliphatic heterocycles. The van der Waals surface area contributed by atoms with Crippen LogP contribution in [0.25, 0.3) is 0 Å². The summed E-state index contributed by atoms with van der Waals surface area (Å²) in [6.45, 7) is 1.50. The number of ether oxygens (including phenoxy) is 2. The van der Waals surface area contributed by atoms with Crippen LogP contribution >= 0.6 is 15.9 Å². The van der Waals surface area contributed by atoms with Gasteiger partial charge in [0.25, 0.3) is 5.79 Å². The van der Waals surface area contributed by atoms with Gasteiger partial charge in [-0.1, -0.05) is 22.0 Å². The second-order valence-corrected chi connectivity index (χ2v) is 8.09. The molecule has 118 valence electrons. The zero-order valence-electron chi connectivity index (χ0n) is 12.8. The number of carbonyl (C=O) groups is 1. The van der Waals surface area contributed by atoms with Crippen molar-refractivity contribution in [3.63, 3.8) is 0 Å². The van der Waals surface area contributed by atoms with Crippen LogP contribution in [0.4, 0.5) is 0 Å². The minimum atomic E-state index is -0.750. The summed E-state index contributed by atoms with van der Waals surface area (Å²) >= 11 is 3.49. The minimum Gasteiger partial charge on any atom is -0.452 e. The number of benzene rings is 1. The summed E-state index contributed by atoms with van der Waals surface area (Å²) in [6.07, 6.45) is 5.89. The van der Waals surface area contributed by atoms with E-state index in [9.17, 15) is 4.79 Å². The zero-order valence-corrected chi connectivity index (χ0v) is 14.3. The van der Waals surface area contributed by atoms with Gasteiger partial charge in [0, 0.05) is 23.2 Å². The van der Waals surface area contributed by atoms with E-state index in [1.807, 2.05) is 24.3 Å². The standard InChI is InChI=1S/C18H21BrO3/c1-11(20)21-18(22-17-4-2-3-16(19)10-17)14-6-12-5-13(8-14)9-15(18)7-12/h2-4,10,12-15H,5-9H2,1H3. The highest BCUT2D eigenvalue weighted by Gasteiger charge is 2.61. The SMILES string of the molecule is CC(=O)OC1(Oc2cccc(Br)c2)C2CC3CC(C2)CC1C3. The Bertz CT molecular complexity index is 570. The van der Waals surface area contributed by atoms with Crippen LogP contribution in [0, 0.1) is 23.7 Å². The van der Waals surface area contributed by atoms with Crippen molar-refractivity contribution < 1.29 is 14.3 Å². The molecule has 1 aromatic carbocycles. The molecule has 4 aliphatic carbocycles. The molecule has 0 unspecified atom stereocenters. The first-order valence-corrected chi connectivity index (χ1v) is 8.98. The highest BCUT2D eigenvalue weighted by Crippen LogP contribution is 2.60. The summed E-state index contributed by atoms with van der Waals surface area (Å²) in [5, 5.41) is 0. The summed E-state index contributed by atoms with van der Waals surface area (Å²) in [5.41, 5.74) is 0. The van der Waals surface area contributed by atoms with E-state index >= 15 is 0 Å². The maximum absolute atomic E-state index is 11.8. The van der Waals surface area contributed by atoms with Gasteiger partial charge in [0.05, 0.1) is 0 Å². The van der Waals surface area contributed by atoms with E-state index < -0.39 is 5.79 Å². The first kappa shape index (κ1) is 14.6. The predicted molar refractivity (Wildman–Crippen MR) is 86.3 cm³/mol. The van der Waals surface area contributed by atoms with Gasteiger partial charge < -0.3 is 9.47 Å². The topological polar surface area (TPSA) is 35.5 Å². The zero-order chi connectivity index (χ0) is 15.3. The Morgan fingerprint density at radius 1 is 1.14 bits per heavy atom. The van der Waals surface area contributed by atoms with Crippen LogP contribution in [-0.4, -0.2) is 11.8 Å². The van der Waals surface area contributed by atoms with Crippen LogP contribution in [0.3, 0.4) is 0 Å². The predicted octanol–water partition coefficient (Wildman–Crippen LogP) is 4.54. The normalized spacial score (nSPS) is 38.8. The van der Waals surface area contributed by atoms with Crippen LogP contribution < -0.4 is 4.74 Å². The molecule has 0 N–H and O–H groups in total. The molecule has 0 radical (unpaired) electrons. The fourth-order valence-electron chi connectivity index (χ4n) is 5.13. The average Bonchev–Trinajstić information content (AvgIpc) is 2.43. The van der Waals surface area contributed by atoms with Crippen molar-refractivity contribution in [1.82, 2.24) is 0 Å². The van der Waals surface area contributed by atoms with Crippen LogP contribution in [0.2, 0.25) is 0 Å². The molecule has 0 amide bonds. The van der Waals surface area contributed by atoms with Gasteiger partial charge >= 0.3 is 5.97 Å². The van der Waals surface area contributed by atoms with Gasteiger partial charge in [0.2, 0.25) is 0 Å². The van der Waals surface area contributed by atoms with E-state index in [4.69, 9.17) is 9.47 Å². The van der Waals surface area contributed by atoms with Crippen LogP contribution in [0.1, 0.15) is 39.0 Å². The Morgan fingerprint density at radius 2 is 1.77 bits per heavy atom. The third kappa shape index (κ3) is 2.36. The van der Waals surface area contributed by atoms with Gasteiger partial charge in [-0.3, -0.25) is 4.79 Å². The second kappa shape index (κ2) is 5.26. The summed E-state index contributed by atoms with van der Waals surface area (Å²) in [6, 6.07) is 7.83. The Morgan fingerprint density at radius 3 is 2.32 bits per heavy atom. The lowest BCUT2D eigenvalue weighted by atomic mass is 9.53. The van der Waals surface area contributed by atoms with Crippen molar-refractivity contribution in [2.24, 2.45) is 23.7 Å². The molecular formula is C18H21BrO3. The van der Waals surface area contributed by atoms with Crippen LogP contribution in [0.5, 0.6) is 5.75 Å². The summed E-state index contributed by atoms with van der Waals surface area (Å²) in [5.74, 6) is 2.08. The first-order chi connectivity index (χ1) is 10.5. The fourth-order valence-corrected chi connectivity index (χ4v) is 5.51. The van der Waals surface area contributed by atoms with Crippen molar-refractivity contribution in [3.8, 4) is 5.75 Å². The molecular weight excluding hydrogens is 344 g/mol. The third-order valence-corrected chi connectivity index (χ3v) is 6.15. The van der Waals surface area contributed by atoms with Gasteiger partial charge in [-0.05, 0) is 62.1 Å². The van der Waals surface area contributed by atoms with Crippen molar-refractivity contribution in [3.05, 3.63) is 28.7 Å². The number of carbonyl (C=O) groups excluding carboxylic acids is 1. The van der Waals surface area contributed by atoms with E-state index in [0.29, 0.717) is 11.8 Å². The van der Waals surface area contributed by atoms with Gasteiger partial charge in [0.15, 0.2) is 0 Å². The largest absolute Gasteiger partial charge is 0.452 e. The van der Waals surface area contributed by atoms with Crippen LogP contribution in [0.15, 0.2) is 28.7 Å². The molecule has 0 atom stereocenters. The number of esters is 1. The van der Waals surface area contributed by atoms with E-state index in [2.05, 4.69) is 15.9 Å². The minimum absolute atomic E-state index is 0.234. The molecule has 22 heavy (non-hydrogen) atoms. The molecule has 4 bridgehead atoms. The first-order valence-electron chi connectivity index (χ1n) is 8.19. The molecule has 3 nitrogen and oxygen atoms in total. The molecule has 0 spiro atoms. The van der Waals surface area contributed by atoms with Gasteiger partial charge in [0.1, 0.15) is 5.75 Å². The lowest BCUT2D eigenvalue weighted by molar-refractivity contribution is -0.286. The quantitative estimate of drug-likeness (QED) is 0.583. The highest BCUT2D eigenvalue weighted by molar-refractivity contribution is 9.10. The van der Waals surface area contributed by atoms with E-state index in [-0.39, 0.29) is 5.97 Å². The summed E-state index contributed by atoms with van der Waals surface area (Å²) in [7, 11) is 0. The van der Waals surface area contributed by atoms with E-state index in [0.717, 1.165) is 47.7 Å². The van der Waals surface area contributed by atoms with Crippen molar-refractivity contribution >= 4 is 21.9 Å². The Labute approximate surface area is 139 Å². The number of rotatable bonds is 3. The maximum Gasteiger partial charge on any atom is 0.305 e. The van der Waals surface area contributed by atoms with Gasteiger partial charge in [-0.25, -0.2) is 0 Å². The molecule has 0 aromatic heterocycles. The lowest BCUT2D eigenvalue weighted by Crippen LogP contribution is -2.62. The van der Waals surface area contributed by atoms with Crippen LogP contribution in [-0.2, 0) is 9.53 Å². The van der Waals surface area contributed by atoms with Gasteiger partial charge in [-0.15, -0.1) is 0 Å². The van der Waals surface area contributed by atoms with Gasteiger partial charge in [-0.2, -0.15) is 0 Å². The Kier molecular flexibility index (Phi) is 3.48. The van der Waals surface area contributed by atoms with E-state index in [1.165, 1.54) is 13.3 Å². The average molecular weight is 365 g/mol. The molecule has 4 aliphatic rings. The molecule has 4 saturated carbocycles. The third-order valence-electron chi connectivity index (χ3n) is 5.65. The van der Waals surface area contributed by atoms with Crippen molar-refractivity contribution in [1.29, 1.82) is 0 Å². The molecule has 0 heterocycles. The smallest absolute Gasteiger partial charge is 0.305 e. The molecule has 5 rings (SSSR count).